The second-order valence-corrected chi connectivity index (χ2v) is 12.3. The maximum atomic E-state index is 12.0. The lowest BCUT2D eigenvalue weighted by Crippen LogP contribution is -2.55. The molecule has 0 aromatic rings. The van der Waals surface area contributed by atoms with Crippen molar-refractivity contribution in [3.05, 3.63) is 0 Å². The average molecular weight is 483 g/mol. The maximum absolute atomic E-state index is 12.0. The standard InChI is InChI=1S/C27H38N4O4/c1-25(2)12-26(3,15-28-16-32)14-27(13-25,31-19-35)24(20-4-8-22(9-5-20)29-17-33)21-6-10-23(11-7-21)30-18-34/h20-24H,4-15H2,1-3H3. The second-order valence-electron chi connectivity index (χ2n) is 12.3. The Bertz CT molecular complexity index is 902. The fraction of sp³-hybridized carbons (Fsp3) is 0.852. The average Bonchev–Trinajstić information content (AvgIpc) is 2.79. The molecule has 3 rings (SSSR count). The van der Waals surface area contributed by atoms with Gasteiger partial charge in [0.25, 0.3) is 0 Å². The molecule has 2 unspecified atom stereocenters. The summed E-state index contributed by atoms with van der Waals surface area (Å²) in [7, 11) is 0. The fourth-order valence-electron chi connectivity index (χ4n) is 8.32. The van der Waals surface area contributed by atoms with Crippen LogP contribution >= 0.6 is 0 Å². The van der Waals surface area contributed by atoms with Crippen LogP contribution in [0.25, 0.3) is 0 Å². The van der Waals surface area contributed by atoms with Gasteiger partial charge in [0.1, 0.15) is 0 Å². The van der Waals surface area contributed by atoms with E-state index in [0.717, 1.165) is 64.2 Å². The van der Waals surface area contributed by atoms with Crippen LogP contribution in [0.5, 0.6) is 0 Å². The molecule has 0 bridgehead atoms. The van der Waals surface area contributed by atoms with Crippen molar-refractivity contribution >= 4 is 24.3 Å². The van der Waals surface area contributed by atoms with E-state index in [-0.39, 0.29) is 28.8 Å². The van der Waals surface area contributed by atoms with Crippen molar-refractivity contribution in [2.75, 3.05) is 6.54 Å². The summed E-state index contributed by atoms with van der Waals surface area (Å²) in [5.41, 5.74) is -0.981. The molecule has 3 fully saturated rings. The van der Waals surface area contributed by atoms with Crippen molar-refractivity contribution in [2.24, 2.45) is 48.6 Å². The molecule has 3 aliphatic carbocycles. The maximum Gasteiger partial charge on any atom is 0.235 e. The first kappa shape index (κ1) is 27.1. The van der Waals surface area contributed by atoms with Crippen LogP contribution in [0.3, 0.4) is 0 Å². The van der Waals surface area contributed by atoms with E-state index in [1.165, 1.54) is 0 Å². The lowest BCUT2D eigenvalue weighted by molar-refractivity contribution is -0.0358. The molecule has 0 heterocycles. The molecule has 35 heavy (non-hydrogen) atoms. The fourth-order valence-corrected chi connectivity index (χ4v) is 8.32. The molecule has 0 N–H and O–H groups in total. The van der Waals surface area contributed by atoms with Crippen LogP contribution in [0.15, 0.2) is 20.0 Å². The van der Waals surface area contributed by atoms with E-state index < -0.39 is 5.54 Å². The van der Waals surface area contributed by atoms with E-state index in [1.807, 2.05) is 6.08 Å². The zero-order valence-corrected chi connectivity index (χ0v) is 21.3. The number of carbonyl (C=O) groups excluding carboxylic acids is 4. The van der Waals surface area contributed by atoms with Gasteiger partial charge in [0.05, 0.1) is 24.2 Å². The van der Waals surface area contributed by atoms with Gasteiger partial charge in [-0.2, -0.15) is 4.99 Å². The van der Waals surface area contributed by atoms with Gasteiger partial charge in [0.2, 0.25) is 24.3 Å². The van der Waals surface area contributed by atoms with Crippen molar-refractivity contribution in [1.29, 1.82) is 0 Å². The zero-order valence-electron chi connectivity index (χ0n) is 21.3. The summed E-state index contributed by atoms with van der Waals surface area (Å²) < 4.78 is 0. The Morgan fingerprint density at radius 2 is 1.20 bits per heavy atom. The normalized spacial score (nSPS) is 37.3. The van der Waals surface area contributed by atoms with Gasteiger partial charge in [-0.05, 0) is 99.2 Å². The van der Waals surface area contributed by atoms with Crippen molar-refractivity contribution in [1.82, 2.24) is 0 Å². The second kappa shape index (κ2) is 11.5. The molecule has 8 nitrogen and oxygen atoms in total. The van der Waals surface area contributed by atoms with E-state index >= 15 is 0 Å². The van der Waals surface area contributed by atoms with Crippen LogP contribution in [0.2, 0.25) is 0 Å². The third-order valence-corrected chi connectivity index (χ3v) is 8.81. The molecule has 190 valence electrons. The quantitative estimate of drug-likeness (QED) is 0.356. The number of rotatable bonds is 8. The first-order valence-corrected chi connectivity index (χ1v) is 13.0. The van der Waals surface area contributed by atoms with Gasteiger partial charge in [0.15, 0.2) is 0 Å². The van der Waals surface area contributed by atoms with E-state index in [2.05, 4.69) is 40.7 Å². The third-order valence-electron chi connectivity index (χ3n) is 8.81. The predicted molar refractivity (Wildman–Crippen MR) is 131 cm³/mol. The monoisotopic (exact) mass is 482 g/mol. The van der Waals surface area contributed by atoms with Crippen molar-refractivity contribution in [3.63, 3.8) is 0 Å². The molecular formula is C27H38N4O4. The molecule has 2 atom stereocenters. The first-order valence-electron chi connectivity index (χ1n) is 13.0. The van der Waals surface area contributed by atoms with Crippen molar-refractivity contribution < 1.29 is 19.2 Å². The van der Waals surface area contributed by atoms with Gasteiger partial charge in [0, 0.05) is 0 Å². The molecule has 0 radical (unpaired) electrons. The van der Waals surface area contributed by atoms with Crippen molar-refractivity contribution in [2.45, 2.75) is 109 Å². The Balaban J connectivity index is 2.02. The predicted octanol–water partition coefficient (Wildman–Crippen LogP) is 5.02. The van der Waals surface area contributed by atoms with E-state index in [1.54, 1.807) is 18.2 Å². The van der Waals surface area contributed by atoms with Crippen LogP contribution in [0.1, 0.15) is 91.4 Å². The van der Waals surface area contributed by atoms with Gasteiger partial charge in [-0.15, -0.1) is 0 Å². The van der Waals surface area contributed by atoms with Gasteiger partial charge >= 0.3 is 0 Å². The molecule has 0 aliphatic heterocycles. The molecule has 8 heteroatoms. The van der Waals surface area contributed by atoms with Crippen LogP contribution in [0, 0.1) is 28.6 Å². The lowest BCUT2D eigenvalue weighted by atomic mass is 9.50. The molecule has 0 saturated heterocycles. The van der Waals surface area contributed by atoms with Crippen LogP contribution in [0.4, 0.5) is 0 Å². The Labute approximate surface area is 207 Å². The third kappa shape index (κ3) is 6.60. The highest BCUT2D eigenvalue weighted by Gasteiger charge is 2.56. The highest BCUT2D eigenvalue weighted by atomic mass is 16.1. The van der Waals surface area contributed by atoms with Gasteiger partial charge in [-0.25, -0.2) is 34.2 Å². The molecule has 0 spiro atoms. The molecule has 3 saturated carbocycles. The van der Waals surface area contributed by atoms with E-state index in [0.29, 0.717) is 24.8 Å². The van der Waals surface area contributed by atoms with Crippen molar-refractivity contribution in [3.8, 4) is 0 Å². The minimum absolute atomic E-state index is 0.0163. The summed E-state index contributed by atoms with van der Waals surface area (Å²) in [5, 5.41) is 0. The summed E-state index contributed by atoms with van der Waals surface area (Å²) in [6.45, 7) is 6.94. The topological polar surface area (TPSA) is 118 Å². The number of aliphatic imine (C=N–C) groups is 4. The molecule has 0 aromatic heterocycles. The zero-order chi connectivity index (χ0) is 25.5. The highest BCUT2D eigenvalue weighted by molar-refractivity contribution is 5.37. The van der Waals surface area contributed by atoms with Gasteiger partial charge in [-0.1, -0.05) is 20.8 Å². The summed E-state index contributed by atoms with van der Waals surface area (Å²) in [5.74, 6) is 0.841. The summed E-state index contributed by atoms with van der Waals surface area (Å²) in [6, 6.07) is 0.0326. The Kier molecular flexibility index (Phi) is 8.91. The Hall–Kier alpha value is -2.48. The van der Waals surface area contributed by atoms with Crippen LogP contribution < -0.4 is 0 Å². The van der Waals surface area contributed by atoms with Crippen LogP contribution in [-0.2, 0) is 19.2 Å². The summed E-state index contributed by atoms with van der Waals surface area (Å²) >= 11 is 0. The van der Waals surface area contributed by atoms with E-state index in [9.17, 15) is 19.2 Å². The van der Waals surface area contributed by atoms with Gasteiger partial charge in [-0.3, -0.25) is 0 Å². The van der Waals surface area contributed by atoms with Crippen LogP contribution in [-0.4, -0.2) is 48.5 Å². The first-order chi connectivity index (χ1) is 16.7. The van der Waals surface area contributed by atoms with Gasteiger partial charge < -0.3 is 0 Å². The number of nitrogens with zero attached hydrogens (tertiary/aromatic N) is 4. The minimum atomic E-state index is -0.604. The Morgan fingerprint density at radius 1 is 0.686 bits per heavy atom. The lowest BCUT2D eigenvalue weighted by Gasteiger charge is -2.57. The molecule has 0 aromatic carbocycles. The number of hydrogen-bond acceptors (Lipinski definition) is 8. The summed E-state index contributed by atoms with van der Waals surface area (Å²) in [4.78, 5) is 61.1. The molecule has 0 amide bonds. The number of isocyanates is 4. The number of hydrogen-bond donors (Lipinski definition) is 0. The Morgan fingerprint density at radius 3 is 1.63 bits per heavy atom. The largest absolute Gasteiger partial charge is 0.235 e. The summed E-state index contributed by atoms with van der Waals surface area (Å²) in [6.07, 6.45) is 16.4. The smallest absolute Gasteiger partial charge is 0.211 e. The van der Waals surface area contributed by atoms with E-state index in [4.69, 9.17) is 0 Å². The SMILES string of the molecule is CC1(C)CC(C)(CN=C=O)CC(N=C=O)(C(C2CCC(N=C=O)CC2)C2CCC(N=C=O)CC2)C1. The highest BCUT2D eigenvalue weighted by Crippen LogP contribution is 2.59. The minimum Gasteiger partial charge on any atom is -0.211 e. The molecular weight excluding hydrogens is 444 g/mol. The molecule has 3 aliphatic rings.